The van der Waals surface area contributed by atoms with E-state index >= 15 is 0 Å². The van der Waals surface area contributed by atoms with Crippen LogP contribution < -0.4 is 37.9 Å². The average Bonchev–Trinajstić information content (AvgIpc) is 3.70. The van der Waals surface area contributed by atoms with Gasteiger partial charge in [-0.3, -0.25) is 4.72 Å². The van der Waals surface area contributed by atoms with Crippen molar-refractivity contribution >= 4 is 37.2 Å². The molecule has 0 aliphatic heterocycles. The van der Waals surface area contributed by atoms with Crippen LogP contribution in [0, 0.1) is 0 Å². The molecule has 3 aromatic heterocycles. The molecule has 2 aromatic carbocycles. The van der Waals surface area contributed by atoms with E-state index in [1.807, 2.05) is 13.8 Å². The first-order valence-corrected chi connectivity index (χ1v) is 19.4. The minimum Gasteiger partial charge on any atom is -0.493 e. The first-order valence-electron chi connectivity index (χ1n) is 15.6. The van der Waals surface area contributed by atoms with Gasteiger partial charge in [0.25, 0.3) is 15.9 Å². The second kappa shape index (κ2) is 16.4. The van der Waals surface area contributed by atoms with Crippen LogP contribution in [0.4, 0.5) is 5.82 Å². The Balaban J connectivity index is 1.65. The fraction of sp³-hybridized carbons (Fsp3) is 0.265. The smallest absolute Gasteiger partial charge is 0.280 e. The molecule has 276 valence electrons. The van der Waals surface area contributed by atoms with Crippen molar-refractivity contribution in [1.82, 2.24) is 19.7 Å². The van der Waals surface area contributed by atoms with Crippen molar-refractivity contribution in [2.75, 3.05) is 46.3 Å². The van der Waals surface area contributed by atoms with Crippen molar-refractivity contribution in [2.45, 2.75) is 29.0 Å². The topological polar surface area (TPSA) is 186 Å². The van der Waals surface area contributed by atoms with Gasteiger partial charge in [0.05, 0.1) is 28.4 Å². The highest BCUT2D eigenvalue weighted by Gasteiger charge is 2.27. The molecular weight excluding hydrogens is 735 g/mol. The van der Waals surface area contributed by atoms with E-state index in [4.69, 9.17) is 28.4 Å². The summed E-state index contributed by atoms with van der Waals surface area (Å²) in [6.45, 7) is 3.50. The Morgan fingerprint density at radius 2 is 1.46 bits per heavy atom. The third kappa shape index (κ3) is 8.64. The third-order valence-corrected chi connectivity index (χ3v) is 11.5. The number of ether oxygens (including phenoxy) is 6. The molecule has 0 saturated carbocycles. The number of hydrogen-bond donors (Lipinski definition) is 2. The predicted octanol–water partition coefficient (Wildman–Crippen LogP) is 5.71. The molecule has 0 aliphatic carbocycles. The average molecular weight is 772 g/mol. The molecule has 52 heavy (non-hydrogen) atoms. The quantitative estimate of drug-likeness (QED) is 0.110. The van der Waals surface area contributed by atoms with Crippen molar-refractivity contribution in [1.29, 1.82) is 0 Å². The lowest BCUT2D eigenvalue weighted by atomic mass is 10.1. The van der Waals surface area contributed by atoms with Crippen molar-refractivity contribution in [3.8, 4) is 51.8 Å². The highest BCUT2D eigenvalue weighted by atomic mass is 32.2. The summed E-state index contributed by atoms with van der Waals surface area (Å²) in [6.07, 6.45) is 1.48. The number of anilines is 1. The van der Waals surface area contributed by atoms with Gasteiger partial charge in [-0.15, -0.1) is 11.3 Å². The monoisotopic (exact) mass is 771 g/mol. The number of thiophene rings is 1. The lowest BCUT2D eigenvalue weighted by Crippen LogP contribution is -2.28. The molecule has 3 heterocycles. The zero-order valence-electron chi connectivity index (χ0n) is 29.1. The lowest BCUT2D eigenvalue weighted by Gasteiger charge is -2.19. The predicted molar refractivity (Wildman–Crippen MR) is 194 cm³/mol. The molecule has 0 radical (unpaired) electrons. The van der Waals surface area contributed by atoms with Crippen molar-refractivity contribution < 1.29 is 45.3 Å². The van der Waals surface area contributed by atoms with E-state index in [0.717, 1.165) is 16.9 Å². The Labute approximate surface area is 306 Å². The second-order valence-electron chi connectivity index (χ2n) is 11.1. The molecule has 0 aliphatic rings. The summed E-state index contributed by atoms with van der Waals surface area (Å²) in [7, 11) is -2.42. The van der Waals surface area contributed by atoms with E-state index in [0.29, 0.717) is 17.1 Å². The van der Waals surface area contributed by atoms with Gasteiger partial charge in [0.1, 0.15) is 10.8 Å². The maximum absolute atomic E-state index is 13.8. The Hall–Kier alpha value is -5.17. The zero-order chi connectivity index (χ0) is 37.5. The maximum atomic E-state index is 13.8. The van der Waals surface area contributed by atoms with Crippen LogP contribution in [0.25, 0.3) is 11.4 Å². The highest BCUT2D eigenvalue weighted by molar-refractivity contribution is 7.92. The van der Waals surface area contributed by atoms with E-state index < -0.39 is 20.0 Å². The summed E-state index contributed by atoms with van der Waals surface area (Å²) in [5.41, 5.74) is 1.16. The molecule has 0 bridgehead atoms. The van der Waals surface area contributed by atoms with Crippen molar-refractivity contribution in [3.05, 3.63) is 77.8 Å². The van der Waals surface area contributed by atoms with E-state index in [1.54, 1.807) is 53.9 Å². The van der Waals surface area contributed by atoms with E-state index in [9.17, 15) is 16.8 Å². The number of nitrogens with one attached hydrogen (secondary N) is 2. The molecule has 2 N–H and O–H groups in total. The Morgan fingerprint density at radius 3 is 2.04 bits per heavy atom. The molecule has 15 nitrogen and oxygen atoms in total. The minimum atomic E-state index is -4.39. The van der Waals surface area contributed by atoms with Crippen LogP contribution in [0.5, 0.6) is 40.4 Å². The van der Waals surface area contributed by atoms with Crippen LogP contribution in [-0.2, 0) is 20.0 Å². The maximum Gasteiger partial charge on any atom is 0.280 e. The van der Waals surface area contributed by atoms with Crippen LogP contribution in [0.1, 0.15) is 25.3 Å². The van der Waals surface area contributed by atoms with Gasteiger partial charge in [-0.2, -0.15) is 13.4 Å². The Bertz CT molecular complexity index is 2190. The van der Waals surface area contributed by atoms with Crippen LogP contribution >= 0.6 is 11.3 Å². The number of aromatic nitrogens is 3. The normalized spacial score (nSPS) is 11.6. The van der Waals surface area contributed by atoms with Crippen molar-refractivity contribution in [3.63, 3.8) is 0 Å². The number of methoxy groups -OCH3 is 4. The summed E-state index contributed by atoms with van der Waals surface area (Å²) >= 11 is 1.06. The minimum absolute atomic E-state index is 0.0402. The Morgan fingerprint density at radius 1 is 0.769 bits per heavy atom. The number of benzene rings is 2. The SMILES string of the molecule is COc1ccccc1Oc1c(NS(=O)(=O)c2ccc(C(C)C)cn2)nc(-c2cc(OC)c(OC)c(OC)c2)nc1OCCNS(=O)(=O)c1cccs1. The van der Waals surface area contributed by atoms with Gasteiger partial charge >= 0.3 is 0 Å². The van der Waals surface area contributed by atoms with Gasteiger partial charge in [0.15, 0.2) is 39.7 Å². The summed E-state index contributed by atoms with van der Waals surface area (Å²) in [5, 5.41) is 1.37. The number of para-hydroxylation sites is 2. The van der Waals surface area contributed by atoms with Gasteiger partial charge < -0.3 is 28.4 Å². The van der Waals surface area contributed by atoms with Crippen molar-refractivity contribution in [2.24, 2.45) is 0 Å². The largest absolute Gasteiger partial charge is 0.493 e. The summed E-state index contributed by atoms with van der Waals surface area (Å²) in [5.74, 6) is 0.614. The number of hydrogen-bond acceptors (Lipinski definition) is 14. The summed E-state index contributed by atoms with van der Waals surface area (Å²) in [6, 6.07) is 15.9. The number of pyridine rings is 1. The molecule has 18 heteroatoms. The van der Waals surface area contributed by atoms with E-state index in [2.05, 4.69) is 24.4 Å². The fourth-order valence-corrected chi connectivity index (χ4v) is 7.71. The molecule has 5 aromatic rings. The first-order chi connectivity index (χ1) is 24.9. The van der Waals surface area contributed by atoms with E-state index in [1.165, 1.54) is 46.8 Å². The zero-order valence-corrected chi connectivity index (χ0v) is 31.5. The number of sulfonamides is 2. The Kier molecular flexibility index (Phi) is 12.0. The van der Waals surface area contributed by atoms with Gasteiger partial charge in [0, 0.05) is 18.3 Å². The van der Waals surface area contributed by atoms with Crippen LogP contribution in [-0.4, -0.2) is 73.4 Å². The van der Waals surface area contributed by atoms with Crippen LogP contribution in [0.3, 0.4) is 0 Å². The molecule has 0 fully saturated rings. The molecular formula is C34H37N5O10S3. The molecule has 0 unspecified atom stereocenters. The molecule has 0 spiro atoms. The van der Waals surface area contributed by atoms with Gasteiger partial charge in [0.2, 0.25) is 21.5 Å². The van der Waals surface area contributed by atoms with Gasteiger partial charge in [-0.1, -0.05) is 38.1 Å². The molecule has 5 rings (SSSR count). The van der Waals surface area contributed by atoms with Crippen LogP contribution in [0.15, 0.2) is 81.5 Å². The highest BCUT2D eigenvalue weighted by Crippen LogP contribution is 2.44. The second-order valence-corrected chi connectivity index (χ2v) is 15.6. The molecule has 0 saturated heterocycles. The lowest BCUT2D eigenvalue weighted by molar-refractivity contribution is 0.292. The molecule has 0 amide bonds. The van der Waals surface area contributed by atoms with Crippen LogP contribution in [0.2, 0.25) is 0 Å². The van der Waals surface area contributed by atoms with E-state index in [-0.39, 0.29) is 68.8 Å². The summed E-state index contributed by atoms with van der Waals surface area (Å²) in [4.78, 5) is 13.4. The molecule has 0 atom stereocenters. The first kappa shape index (κ1) is 38.1. The van der Waals surface area contributed by atoms with Gasteiger partial charge in [-0.05, 0) is 53.3 Å². The third-order valence-electron chi connectivity index (χ3n) is 7.36. The van der Waals surface area contributed by atoms with Gasteiger partial charge in [-0.25, -0.2) is 23.1 Å². The summed E-state index contributed by atoms with van der Waals surface area (Å²) < 4.78 is 92.6. The fourth-order valence-electron chi connectivity index (χ4n) is 4.72. The number of rotatable bonds is 17. The number of nitrogens with zero attached hydrogens (tertiary/aromatic N) is 3. The standard InChI is InChI=1S/C34H37N5O10S3/c1-21(2)22-13-14-28(35-20-22)51(40,41)39-33-31(49-25-11-8-7-10-24(25)44-3)34(48-16-15-36-52(42,43)29-12-9-17-50-29)38-32(37-33)23-18-26(45-4)30(47-6)27(19-23)46-5/h7-14,17-21,36H,15-16H2,1-6H3,(H,37,38,39).